The number of carboxylic acid groups (broad SMARTS) is 1. The number of para-hydroxylation sites is 1. The van der Waals surface area contributed by atoms with Gasteiger partial charge in [0, 0.05) is 38.9 Å². The number of nitrogens with one attached hydrogen (secondary N) is 1. The van der Waals surface area contributed by atoms with Crippen molar-refractivity contribution in [3.8, 4) is 0 Å². The number of fused-ring (bicyclic) bond motifs is 1. The molecule has 0 bridgehead atoms. The molecule has 36 heavy (non-hydrogen) atoms. The summed E-state index contributed by atoms with van der Waals surface area (Å²) in [5, 5.41) is 23.2. The summed E-state index contributed by atoms with van der Waals surface area (Å²) in [5.74, 6) is 0.159. The maximum atomic E-state index is 11.9. The number of carbonyl (C=O) groups is 1. The largest absolute Gasteiger partial charge is 0.476 e. The third-order valence-electron chi connectivity index (χ3n) is 5.37. The minimum Gasteiger partial charge on any atom is -0.476 e. The van der Waals surface area contributed by atoms with Gasteiger partial charge in [-0.3, -0.25) is 0 Å². The van der Waals surface area contributed by atoms with Gasteiger partial charge in [0.1, 0.15) is 0 Å². The number of benzene rings is 1. The molecule has 0 aliphatic rings. The number of thiazole rings is 2. The Bertz CT molecular complexity index is 1290. The van der Waals surface area contributed by atoms with Gasteiger partial charge in [-0.1, -0.05) is 23.5 Å². The molecular weight excluding hydrogens is 500 g/mol. The van der Waals surface area contributed by atoms with E-state index in [0.29, 0.717) is 60.7 Å². The molecule has 3 aromatic heterocycles. The summed E-state index contributed by atoms with van der Waals surface area (Å²) < 4.78 is 11.4. The lowest BCUT2D eigenvalue weighted by molar-refractivity contribution is 0.0690. The van der Waals surface area contributed by atoms with Crippen LogP contribution in [0.1, 0.15) is 33.8 Å². The normalized spacial score (nSPS) is 11.2. The summed E-state index contributed by atoms with van der Waals surface area (Å²) >= 11 is 2.91. The number of carboxylic acids is 1. The summed E-state index contributed by atoms with van der Waals surface area (Å²) in [4.78, 5) is 23.5. The van der Waals surface area contributed by atoms with Gasteiger partial charge in [-0.15, -0.1) is 21.5 Å². The number of aromatic nitrogens is 4. The van der Waals surface area contributed by atoms with Crippen LogP contribution in [0.3, 0.4) is 0 Å². The average molecular weight is 529 g/mol. The van der Waals surface area contributed by atoms with Crippen LogP contribution in [0, 0.1) is 6.92 Å². The van der Waals surface area contributed by atoms with Crippen molar-refractivity contribution in [2.75, 3.05) is 44.2 Å². The lowest BCUT2D eigenvalue weighted by Gasteiger charge is -2.21. The van der Waals surface area contributed by atoms with Crippen molar-refractivity contribution in [1.82, 2.24) is 20.2 Å². The van der Waals surface area contributed by atoms with Crippen molar-refractivity contribution in [1.29, 1.82) is 0 Å². The number of ether oxygens (including phenoxy) is 2. The topological polar surface area (TPSA) is 123 Å². The highest BCUT2D eigenvalue weighted by Crippen LogP contribution is 2.34. The fourth-order valence-electron chi connectivity index (χ4n) is 3.60. The zero-order chi connectivity index (χ0) is 25.5. The van der Waals surface area contributed by atoms with Crippen molar-refractivity contribution in [2.45, 2.75) is 26.2 Å². The van der Waals surface area contributed by atoms with Gasteiger partial charge >= 0.3 is 5.97 Å². The molecule has 0 aliphatic carbocycles. The predicted octanol–water partition coefficient (Wildman–Crippen LogP) is 5.05. The van der Waals surface area contributed by atoms with Crippen molar-refractivity contribution in [2.24, 2.45) is 0 Å². The fourth-order valence-corrected chi connectivity index (χ4v) is 5.59. The number of hydrogen-bond donors (Lipinski definition) is 2. The van der Waals surface area contributed by atoms with E-state index in [9.17, 15) is 9.90 Å². The van der Waals surface area contributed by atoms with Gasteiger partial charge in [0.05, 0.1) is 10.2 Å². The number of anilines is 4. The molecule has 0 saturated heterocycles. The van der Waals surface area contributed by atoms with Crippen LogP contribution in [0.15, 0.2) is 30.3 Å². The van der Waals surface area contributed by atoms with Crippen molar-refractivity contribution >= 4 is 60.8 Å². The molecule has 0 spiro atoms. The molecule has 0 saturated carbocycles. The van der Waals surface area contributed by atoms with Crippen LogP contribution in [0.25, 0.3) is 10.2 Å². The molecule has 2 N–H and O–H groups in total. The van der Waals surface area contributed by atoms with Crippen LogP contribution in [-0.4, -0.2) is 65.2 Å². The SMILES string of the molecule is COCCCc1sc(N(CCCOC)c2cc(C)c(Nc3nc4ccccc4s3)nn2)nc1C(=O)O. The van der Waals surface area contributed by atoms with Gasteiger partial charge in [0.2, 0.25) is 0 Å². The molecule has 0 atom stereocenters. The summed E-state index contributed by atoms with van der Waals surface area (Å²) in [6, 6.07) is 9.86. The van der Waals surface area contributed by atoms with E-state index < -0.39 is 5.97 Å². The lowest BCUT2D eigenvalue weighted by atomic mass is 10.2. The van der Waals surface area contributed by atoms with E-state index in [1.807, 2.05) is 42.2 Å². The Morgan fingerprint density at radius 1 is 1.08 bits per heavy atom. The third-order valence-corrected chi connectivity index (χ3v) is 7.46. The van der Waals surface area contributed by atoms with Crippen LogP contribution in [0.2, 0.25) is 0 Å². The van der Waals surface area contributed by atoms with Gasteiger partial charge in [-0.2, -0.15) is 0 Å². The number of rotatable bonds is 13. The minimum atomic E-state index is -1.04. The Hall–Kier alpha value is -3.19. The first-order valence-electron chi connectivity index (χ1n) is 11.5. The standard InChI is InChI=1S/C24H28N6O4S2/c1-15-14-19(28-29-21(15)27-23-25-16-8-4-5-9-17(16)35-23)30(11-7-13-34-3)24-26-20(22(31)32)18(36-24)10-6-12-33-2/h4-5,8-9,14H,6-7,10-13H2,1-3H3,(H,31,32)(H,25,27,29). The third kappa shape index (κ3) is 6.13. The second-order valence-electron chi connectivity index (χ2n) is 8.01. The van der Waals surface area contributed by atoms with Crippen LogP contribution in [-0.2, 0) is 15.9 Å². The smallest absolute Gasteiger partial charge is 0.355 e. The highest BCUT2D eigenvalue weighted by atomic mass is 32.1. The molecule has 0 aliphatic heterocycles. The number of aryl methyl sites for hydroxylation is 2. The Balaban J connectivity index is 1.61. The predicted molar refractivity (Wildman–Crippen MR) is 142 cm³/mol. The number of methoxy groups -OCH3 is 2. The molecule has 1 aromatic carbocycles. The molecule has 3 heterocycles. The second-order valence-corrected chi connectivity index (χ2v) is 10.1. The van der Waals surface area contributed by atoms with Crippen LogP contribution in [0.4, 0.5) is 21.9 Å². The van der Waals surface area contributed by atoms with Crippen LogP contribution in [0.5, 0.6) is 0 Å². The first kappa shape index (κ1) is 25.9. The number of aromatic carboxylic acids is 1. The van der Waals surface area contributed by atoms with Gasteiger partial charge in [0.25, 0.3) is 0 Å². The lowest BCUT2D eigenvalue weighted by Crippen LogP contribution is -2.21. The Labute approximate surface area is 216 Å². The fraction of sp³-hybridized carbons (Fsp3) is 0.375. The minimum absolute atomic E-state index is 0.0710. The Morgan fingerprint density at radius 2 is 1.86 bits per heavy atom. The Morgan fingerprint density at radius 3 is 2.58 bits per heavy atom. The van der Waals surface area contributed by atoms with Crippen molar-refractivity contribution in [3.63, 3.8) is 0 Å². The zero-order valence-corrected chi connectivity index (χ0v) is 22.0. The molecule has 12 heteroatoms. The highest BCUT2D eigenvalue weighted by Gasteiger charge is 2.23. The van der Waals surface area contributed by atoms with E-state index in [2.05, 4.69) is 25.5 Å². The van der Waals surface area contributed by atoms with Gasteiger partial charge in [-0.25, -0.2) is 14.8 Å². The first-order chi connectivity index (χ1) is 17.5. The molecule has 10 nitrogen and oxygen atoms in total. The maximum absolute atomic E-state index is 11.9. The molecule has 0 fully saturated rings. The van der Waals surface area contributed by atoms with Crippen LogP contribution >= 0.6 is 22.7 Å². The molecule has 0 amide bonds. The first-order valence-corrected chi connectivity index (χ1v) is 13.1. The zero-order valence-electron chi connectivity index (χ0n) is 20.4. The quantitative estimate of drug-likeness (QED) is 0.228. The van der Waals surface area contributed by atoms with Gasteiger partial charge in [-0.05, 0) is 49.9 Å². The highest BCUT2D eigenvalue weighted by molar-refractivity contribution is 7.22. The van der Waals surface area contributed by atoms with E-state index in [-0.39, 0.29) is 5.69 Å². The monoisotopic (exact) mass is 528 g/mol. The molecule has 190 valence electrons. The molecule has 4 rings (SSSR count). The van der Waals surface area contributed by atoms with E-state index >= 15 is 0 Å². The summed E-state index contributed by atoms with van der Waals surface area (Å²) in [7, 11) is 3.28. The maximum Gasteiger partial charge on any atom is 0.355 e. The summed E-state index contributed by atoms with van der Waals surface area (Å²) in [5.41, 5.74) is 1.88. The number of hydrogen-bond acceptors (Lipinski definition) is 11. The molecular formula is C24H28N6O4S2. The molecule has 0 radical (unpaired) electrons. The molecule has 4 aromatic rings. The van der Waals surface area contributed by atoms with Crippen LogP contribution < -0.4 is 10.2 Å². The van der Waals surface area contributed by atoms with E-state index in [4.69, 9.17) is 9.47 Å². The molecule has 0 unspecified atom stereocenters. The summed E-state index contributed by atoms with van der Waals surface area (Å²) in [6.07, 6.45) is 2.01. The Kier molecular flexibility index (Phi) is 8.75. The summed E-state index contributed by atoms with van der Waals surface area (Å²) in [6.45, 7) is 3.61. The second kappa shape index (κ2) is 12.2. The average Bonchev–Trinajstić information content (AvgIpc) is 3.47. The van der Waals surface area contributed by atoms with Crippen molar-refractivity contribution in [3.05, 3.63) is 46.5 Å². The van der Waals surface area contributed by atoms with Crippen molar-refractivity contribution < 1.29 is 19.4 Å². The van der Waals surface area contributed by atoms with Gasteiger partial charge < -0.3 is 24.8 Å². The van der Waals surface area contributed by atoms with Gasteiger partial charge in [0.15, 0.2) is 27.6 Å². The number of nitrogens with zero attached hydrogens (tertiary/aromatic N) is 5. The van der Waals surface area contributed by atoms with E-state index in [0.717, 1.165) is 20.9 Å². The van der Waals surface area contributed by atoms with E-state index in [1.54, 1.807) is 25.6 Å². The van der Waals surface area contributed by atoms with E-state index in [1.165, 1.54) is 11.3 Å².